The maximum Gasteiger partial charge on any atom is 0.277 e. The van der Waals surface area contributed by atoms with E-state index in [1.54, 1.807) is 29.8 Å². The van der Waals surface area contributed by atoms with E-state index in [2.05, 4.69) is 16.0 Å². The second kappa shape index (κ2) is 6.43. The van der Waals surface area contributed by atoms with Gasteiger partial charge in [0.2, 0.25) is 0 Å². The highest BCUT2D eigenvalue weighted by atomic mass is 35.5. The molecule has 1 aromatic carbocycles. The van der Waals surface area contributed by atoms with Gasteiger partial charge in [0.05, 0.1) is 23.9 Å². The Morgan fingerprint density at radius 3 is 2.88 bits per heavy atom. The van der Waals surface area contributed by atoms with Crippen LogP contribution in [0.3, 0.4) is 0 Å². The number of aliphatic hydroxyl groups excluding tert-OH is 1. The van der Waals surface area contributed by atoms with Crippen LogP contribution in [0.25, 0.3) is 5.78 Å². The van der Waals surface area contributed by atoms with Crippen molar-refractivity contribution < 1.29 is 5.11 Å². The zero-order valence-electron chi connectivity index (χ0n) is 12.9. The molecule has 0 fully saturated rings. The largest absolute Gasteiger partial charge is 0.396 e. The van der Waals surface area contributed by atoms with E-state index in [0.29, 0.717) is 34.2 Å². The molecule has 1 N–H and O–H groups in total. The number of aryl methyl sites for hydroxylation is 1. The summed E-state index contributed by atoms with van der Waals surface area (Å²) < 4.78 is 2.97. The van der Waals surface area contributed by atoms with Crippen molar-refractivity contribution in [2.24, 2.45) is 0 Å². The van der Waals surface area contributed by atoms with Crippen LogP contribution in [0.15, 0.2) is 29.3 Å². The first-order valence-corrected chi connectivity index (χ1v) is 7.65. The molecule has 0 aliphatic carbocycles. The molecular weight excluding hydrogens is 330 g/mol. The van der Waals surface area contributed by atoms with Crippen LogP contribution in [-0.4, -0.2) is 30.9 Å². The number of hydrogen-bond acceptors (Lipinski definition) is 5. The summed E-state index contributed by atoms with van der Waals surface area (Å²) in [5.74, 6) is 0.293. The average Bonchev–Trinajstić information content (AvgIpc) is 2.93. The molecule has 7 nitrogen and oxygen atoms in total. The molecule has 0 unspecified atom stereocenters. The molecular formula is C16H14ClN5O2. The Bertz CT molecular complexity index is 1020. The van der Waals surface area contributed by atoms with Crippen molar-refractivity contribution in [3.63, 3.8) is 0 Å². The summed E-state index contributed by atoms with van der Waals surface area (Å²) in [6.07, 6.45) is 1.75. The predicted octanol–water partition coefficient (Wildman–Crippen LogP) is 1.31. The Morgan fingerprint density at radius 2 is 2.17 bits per heavy atom. The van der Waals surface area contributed by atoms with Crippen LogP contribution < -0.4 is 5.56 Å². The van der Waals surface area contributed by atoms with Crippen LogP contribution >= 0.6 is 11.6 Å². The first-order chi connectivity index (χ1) is 11.5. The Hall–Kier alpha value is -2.69. The third-order valence-corrected chi connectivity index (χ3v) is 3.92. The van der Waals surface area contributed by atoms with Crippen molar-refractivity contribution in [1.82, 2.24) is 19.2 Å². The number of aromatic nitrogens is 4. The summed E-state index contributed by atoms with van der Waals surface area (Å²) in [6, 6.07) is 7.07. The van der Waals surface area contributed by atoms with E-state index in [4.69, 9.17) is 22.0 Å². The lowest BCUT2D eigenvalue weighted by Gasteiger charge is -2.09. The minimum Gasteiger partial charge on any atom is -0.396 e. The number of nitriles is 1. The van der Waals surface area contributed by atoms with Gasteiger partial charge in [-0.2, -0.15) is 14.8 Å². The maximum atomic E-state index is 12.7. The van der Waals surface area contributed by atoms with E-state index in [9.17, 15) is 4.79 Å². The molecule has 0 saturated heterocycles. The highest BCUT2D eigenvalue weighted by molar-refractivity contribution is 6.30. The Kier molecular flexibility index (Phi) is 4.34. The van der Waals surface area contributed by atoms with Gasteiger partial charge >= 0.3 is 0 Å². The Balaban J connectivity index is 2.11. The first-order valence-electron chi connectivity index (χ1n) is 7.27. The molecule has 0 amide bonds. The molecule has 0 saturated carbocycles. The molecule has 0 atom stereocenters. The van der Waals surface area contributed by atoms with Crippen molar-refractivity contribution in [2.75, 3.05) is 6.61 Å². The molecule has 0 aliphatic heterocycles. The average molecular weight is 344 g/mol. The second-order valence-corrected chi connectivity index (χ2v) is 5.80. The third kappa shape index (κ3) is 2.89. The van der Waals surface area contributed by atoms with E-state index in [-0.39, 0.29) is 18.6 Å². The van der Waals surface area contributed by atoms with Crippen LogP contribution in [0.5, 0.6) is 0 Å². The van der Waals surface area contributed by atoms with Crippen LogP contribution in [-0.2, 0) is 13.0 Å². The number of nitrogens with zero attached hydrogens (tertiary/aromatic N) is 5. The quantitative estimate of drug-likeness (QED) is 0.770. The molecule has 0 spiro atoms. The summed E-state index contributed by atoms with van der Waals surface area (Å²) in [4.78, 5) is 21.1. The number of benzene rings is 1. The van der Waals surface area contributed by atoms with Crippen LogP contribution in [0.2, 0.25) is 5.02 Å². The lowest BCUT2D eigenvalue weighted by molar-refractivity contribution is 0.298. The van der Waals surface area contributed by atoms with Gasteiger partial charge < -0.3 is 5.11 Å². The van der Waals surface area contributed by atoms with E-state index < -0.39 is 0 Å². The molecule has 3 aromatic rings. The zero-order valence-corrected chi connectivity index (χ0v) is 13.7. The number of fused-ring (bicyclic) bond motifs is 1. The molecule has 2 aromatic heterocycles. The monoisotopic (exact) mass is 343 g/mol. The number of hydrogen-bond donors (Lipinski definition) is 1. The van der Waals surface area contributed by atoms with Crippen LogP contribution in [0.4, 0.5) is 0 Å². The SMILES string of the molecule is Cc1nc2ncn(Cc3cc(Cl)cc(C#N)c3)n2c(=O)c1CCO. The fraction of sp³-hybridized carbons (Fsp3) is 0.250. The lowest BCUT2D eigenvalue weighted by Crippen LogP contribution is -2.26. The fourth-order valence-corrected chi connectivity index (χ4v) is 2.89. The molecule has 0 radical (unpaired) electrons. The van der Waals surface area contributed by atoms with Gasteiger partial charge in [0, 0.05) is 23.6 Å². The first kappa shape index (κ1) is 16.2. The summed E-state index contributed by atoms with van der Waals surface area (Å²) in [5.41, 5.74) is 1.99. The highest BCUT2D eigenvalue weighted by Gasteiger charge is 2.13. The van der Waals surface area contributed by atoms with Gasteiger partial charge in [-0.05, 0) is 30.7 Å². The normalized spacial score (nSPS) is 10.9. The van der Waals surface area contributed by atoms with Crippen LogP contribution in [0.1, 0.15) is 22.4 Å². The van der Waals surface area contributed by atoms with Gasteiger partial charge in [0.1, 0.15) is 6.33 Å². The summed E-state index contributed by atoms with van der Waals surface area (Å²) in [5, 5.41) is 18.6. The van der Waals surface area contributed by atoms with Gasteiger partial charge in [0.15, 0.2) is 0 Å². The minimum absolute atomic E-state index is 0.127. The molecule has 24 heavy (non-hydrogen) atoms. The minimum atomic E-state index is -0.258. The Labute approximate surface area is 142 Å². The zero-order chi connectivity index (χ0) is 17.3. The summed E-state index contributed by atoms with van der Waals surface area (Å²) in [6.45, 7) is 1.91. The van der Waals surface area contributed by atoms with E-state index >= 15 is 0 Å². The lowest BCUT2D eigenvalue weighted by atomic mass is 10.1. The van der Waals surface area contributed by atoms with Gasteiger partial charge in [-0.25, -0.2) is 4.98 Å². The molecule has 2 heterocycles. The standard InChI is InChI=1S/C16H14ClN5O2/c1-10-14(2-3-23)15(24)22-16(20-10)19-9-21(22)8-12-4-11(7-18)5-13(17)6-12/h4-6,9,23H,2-3,8H2,1H3. The number of halogens is 1. The molecule has 3 rings (SSSR count). The van der Waals surface area contributed by atoms with E-state index in [1.807, 2.05) is 0 Å². The van der Waals surface area contributed by atoms with Crippen molar-refractivity contribution in [1.29, 1.82) is 5.26 Å². The fourth-order valence-electron chi connectivity index (χ4n) is 2.63. The number of aliphatic hydroxyl groups is 1. The van der Waals surface area contributed by atoms with Gasteiger partial charge in [-0.3, -0.25) is 9.48 Å². The topological polar surface area (TPSA) is 96.2 Å². The van der Waals surface area contributed by atoms with Gasteiger partial charge in [0.25, 0.3) is 11.3 Å². The third-order valence-electron chi connectivity index (χ3n) is 3.70. The second-order valence-electron chi connectivity index (χ2n) is 5.37. The predicted molar refractivity (Wildman–Crippen MR) is 88.0 cm³/mol. The maximum absolute atomic E-state index is 12.7. The van der Waals surface area contributed by atoms with Gasteiger partial charge in [-0.15, -0.1) is 0 Å². The number of rotatable bonds is 4. The van der Waals surface area contributed by atoms with Crippen LogP contribution in [0, 0.1) is 18.3 Å². The van der Waals surface area contributed by atoms with Crippen molar-refractivity contribution in [3.8, 4) is 6.07 Å². The Morgan fingerprint density at radius 1 is 1.38 bits per heavy atom. The molecule has 8 heteroatoms. The van der Waals surface area contributed by atoms with E-state index in [1.165, 1.54) is 10.8 Å². The summed E-state index contributed by atoms with van der Waals surface area (Å²) in [7, 11) is 0. The van der Waals surface area contributed by atoms with Gasteiger partial charge in [-0.1, -0.05) is 11.6 Å². The molecule has 0 bridgehead atoms. The van der Waals surface area contributed by atoms with Crippen molar-refractivity contribution in [3.05, 3.63) is 62.3 Å². The molecule has 122 valence electrons. The van der Waals surface area contributed by atoms with Crippen molar-refractivity contribution >= 4 is 17.4 Å². The van der Waals surface area contributed by atoms with Crippen molar-refractivity contribution in [2.45, 2.75) is 19.9 Å². The summed E-state index contributed by atoms with van der Waals surface area (Å²) >= 11 is 6.02. The van der Waals surface area contributed by atoms with E-state index in [0.717, 1.165) is 5.56 Å². The smallest absolute Gasteiger partial charge is 0.277 e. The highest BCUT2D eigenvalue weighted by Crippen LogP contribution is 2.16. The molecule has 0 aliphatic rings.